The van der Waals surface area contributed by atoms with Crippen LogP contribution in [0.3, 0.4) is 0 Å². The van der Waals surface area contributed by atoms with E-state index in [0.717, 1.165) is 11.1 Å². The zero-order chi connectivity index (χ0) is 22.9. The van der Waals surface area contributed by atoms with E-state index in [-0.39, 0.29) is 5.69 Å². The molecule has 0 fully saturated rings. The van der Waals surface area contributed by atoms with Gasteiger partial charge in [0.25, 0.3) is 0 Å². The normalized spacial score (nSPS) is 10.9. The minimum absolute atomic E-state index is 0.270. The first-order valence-corrected chi connectivity index (χ1v) is 10.4. The Bertz CT molecular complexity index is 1550. The third-order valence-electron chi connectivity index (χ3n) is 5.47. The van der Waals surface area contributed by atoms with E-state index >= 15 is 0 Å². The third kappa shape index (κ3) is 3.76. The molecule has 2 N–H and O–H groups in total. The van der Waals surface area contributed by atoms with Crippen LogP contribution in [0.4, 0.5) is 10.5 Å². The van der Waals surface area contributed by atoms with Gasteiger partial charge in [0.2, 0.25) is 0 Å². The summed E-state index contributed by atoms with van der Waals surface area (Å²) in [6.45, 7) is 2.06. The van der Waals surface area contributed by atoms with E-state index in [4.69, 9.17) is 5.11 Å². The Morgan fingerprint density at radius 2 is 1.61 bits per heavy atom. The fourth-order valence-electron chi connectivity index (χ4n) is 4.02. The minimum Gasteiger partial charge on any atom is -0.465 e. The predicted octanol–water partition coefficient (Wildman–Crippen LogP) is 5.24. The second kappa shape index (κ2) is 8.12. The molecule has 3 aromatic carbocycles. The van der Waals surface area contributed by atoms with Gasteiger partial charge in [-0.1, -0.05) is 48.0 Å². The number of hydrogen-bond donors (Lipinski definition) is 2. The van der Waals surface area contributed by atoms with Gasteiger partial charge < -0.3 is 5.11 Å². The lowest BCUT2D eigenvalue weighted by Crippen LogP contribution is -2.22. The summed E-state index contributed by atoms with van der Waals surface area (Å²) < 4.78 is 3.16. The summed E-state index contributed by atoms with van der Waals surface area (Å²) >= 11 is 0. The van der Waals surface area contributed by atoms with Crippen molar-refractivity contribution in [3.63, 3.8) is 0 Å². The zero-order valence-electron chi connectivity index (χ0n) is 17.8. The van der Waals surface area contributed by atoms with Gasteiger partial charge in [-0.25, -0.2) is 9.59 Å². The second-order valence-electron chi connectivity index (χ2n) is 7.71. The van der Waals surface area contributed by atoms with Gasteiger partial charge in [-0.05, 0) is 54.4 Å². The van der Waals surface area contributed by atoms with Crippen molar-refractivity contribution in [3.05, 3.63) is 107 Å². The first kappa shape index (κ1) is 20.3. The summed E-state index contributed by atoms with van der Waals surface area (Å²) in [6, 6.07) is 24.6. The van der Waals surface area contributed by atoms with Crippen LogP contribution < -0.4 is 11.0 Å². The molecule has 2 aromatic heterocycles. The number of nitrogens with one attached hydrogen (secondary N) is 1. The Balaban J connectivity index is 1.64. The molecule has 0 unspecified atom stereocenters. The van der Waals surface area contributed by atoms with Gasteiger partial charge in [0, 0.05) is 11.9 Å². The topological polar surface area (TPSA) is 89.2 Å². The Hall–Kier alpha value is -4.65. The van der Waals surface area contributed by atoms with Gasteiger partial charge in [-0.3, -0.25) is 19.4 Å². The number of carboxylic acid groups (broad SMARTS) is 1. The number of benzene rings is 3. The molecule has 0 saturated heterocycles. The second-order valence-corrected chi connectivity index (χ2v) is 7.71. The lowest BCUT2D eigenvalue weighted by molar-refractivity contribution is 0.210. The van der Waals surface area contributed by atoms with Gasteiger partial charge in [-0.15, -0.1) is 0 Å². The molecule has 33 heavy (non-hydrogen) atoms. The molecule has 0 atom stereocenters. The summed E-state index contributed by atoms with van der Waals surface area (Å²) in [7, 11) is 0. The van der Waals surface area contributed by atoms with Crippen molar-refractivity contribution in [3.8, 4) is 22.5 Å². The predicted molar refractivity (Wildman–Crippen MR) is 128 cm³/mol. The first-order valence-electron chi connectivity index (χ1n) is 10.4. The lowest BCUT2D eigenvalue weighted by atomic mass is 10.0. The minimum atomic E-state index is -1.17. The maximum atomic E-state index is 13.6. The highest BCUT2D eigenvalue weighted by molar-refractivity contribution is 5.84. The number of nitrogens with zero attached hydrogens (tertiary/aromatic N) is 3. The Labute approximate surface area is 189 Å². The Kier molecular flexibility index (Phi) is 4.99. The highest BCUT2D eigenvalue weighted by atomic mass is 16.4. The van der Waals surface area contributed by atoms with Crippen LogP contribution in [-0.4, -0.2) is 25.3 Å². The van der Waals surface area contributed by atoms with E-state index in [0.29, 0.717) is 28.1 Å². The Morgan fingerprint density at radius 1 is 0.848 bits per heavy atom. The van der Waals surface area contributed by atoms with Crippen molar-refractivity contribution in [2.75, 3.05) is 5.32 Å². The van der Waals surface area contributed by atoms with Crippen molar-refractivity contribution < 1.29 is 9.90 Å². The molecule has 0 radical (unpaired) electrons. The number of anilines is 1. The van der Waals surface area contributed by atoms with Crippen LogP contribution in [0.15, 0.2) is 96.1 Å². The number of hydrogen-bond acceptors (Lipinski definition) is 3. The van der Waals surface area contributed by atoms with Crippen molar-refractivity contribution in [1.29, 1.82) is 0 Å². The smallest absolute Gasteiger partial charge is 0.409 e. The average molecular weight is 436 g/mol. The molecule has 5 rings (SSSR count). The molecule has 0 aliphatic rings. The third-order valence-corrected chi connectivity index (χ3v) is 5.47. The van der Waals surface area contributed by atoms with Crippen molar-refractivity contribution in [2.24, 2.45) is 0 Å². The van der Waals surface area contributed by atoms with Gasteiger partial charge >= 0.3 is 11.8 Å². The van der Waals surface area contributed by atoms with E-state index in [1.54, 1.807) is 51.9 Å². The summed E-state index contributed by atoms with van der Waals surface area (Å²) in [5, 5.41) is 11.4. The fraction of sp³-hybridized carbons (Fsp3) is 0.0385. The quantitative estimate of drug-likeness (QED) is 0.403. The molecule has 0 aliphatic heterocycles. The van der Waals surface area contributed by atoms with Crippen LogP contribution in [0.2, 0.25) is 0 Å². The van der Waals surface area contributed by atoms with E-state index in [1.165, 1.54) is 5.56 Å². The summed E-state index contributed by atoms with van der Waals surface area (Å²) in [6.07, 6.45) is 2.11. The molecule has 0 aliphatic carbocycles. The fourth-order valence-corrected chi connectivity index (χ4v) is 4.02. The number of aromatic nitrogens is 3. The van der Waals surface area contributed by atoms with Crippen LogP contribution in [0.25, 0.3) is 33.5 Å². The SMILES string of the molecule is Cc1cccc(-c2ccc(-n3c(=O)n(-c4cccc(NC(=O)O)c4)c4ccncc43)cc2)c1. The molecule has 0 saturated carbocycles. The molecule has 0 spiro atoms. The summed E-state index contributed by atoms with van der Waals surface area (Å²) in [5.74, 6) is 0. The summed E-state index contributed by atoms with van der Waals surface area (Å²) in [5.41, 5.74) is 6.06. The van der Waals surface area contributed by atoms with Crippen LogP contribution in [0.5, 0.6) is 0 Å². The molecule has 1 amide bonds. The van der Waals surface area contributed by atoms with E-state index in [2.05, 4.69) is 35.4 Å². The largest absolute Gasteiger partial charge is 0.465 e. The molecular weight excluding hydrogens is 416 g/mol. The van der Waals surface area contributed by atoms with Crippen LogP contribution in [0, 0.1) is 6.92 Å². The Morgan fingerprint density at radius 3 is 2.36 bits per heavy atom. The maximum absolute atomic E-state index is 13.6. The molecular formula is C26H20N4O3. The molecule has 2 heterocycles. The molecule has 0 bridgehead atoms. The molecule has 7 nitrogen and oxygen atoms in total. The van der Waals surface area contributed by atoms with Gasteiger partial charge in [0.1, 0.15) is 0 Å². The van der Waals surface area contributed by atoms with Gasteiger partial charge in [0.05, 0.1) is 28.6 Å². The number of pyridine rings is 1. The molecule has 5 aromatic rings. The van der Waals surface area contributed by atoms with E-state index in [1.807, 2.05) is 30.3 Å². The van der Waals surface area contributed by atoms with Crippen LogP contribution in [0.1, 0.15) is 5.56 Å². The van der Waals surface area contributed by atoms with E-state index < -0.39 is 6.09 Å². The van der Waals surface area contributed by atoms with Crippen molar-refractivity contribution in [1.82, 2.24) is 14.1 Å². The highest BCUT2D eigenvalue weighted by Gasteiger charge is 2.16. The number of aryl methyl sites for hydroxylation is 1. The van der Waals surface area contributed by atoms with Crippen molar-refractivity contribution in [2.45, 2.75) is 6.92 Å². The standard InChI is InChI=1S/C26H20N4O3/c1-17-4-2-5-19(14-17)18-8-10-21(11-9-18)29-24-16-27-13-12-23(24)30(26(29)33)22-7-3-6-20(15-22)28-25(31)32/h2-16,28H,1H3,(H,31,32). The van der Waals surface area contributed by atoms with Crippen LogP contribution >= 0.6 is 0 Å². The van der Waals surface area contributed by atoms with Crippen molar-refractivity contribution >= 4 is 22.8 Å². The van der Waals surface area contributed by atoms with Gasteiger partial charge in [0.15, 0.2) is 0 Å². The lowest BCUT2D eigenvalue weighted by Gasteiger charge is -2.07. The highest BCUT2D eigenvalue weighted by Crippen LogP contribution is 2.25. The number of amides is 1. The van der Waals surface area contributed by atoms with Gasteiger partial charge in [-0.2, -0.15) is 0 Å². The molecule has 162 valence electrons. The van der Waals surface area contributed by atoms with E-state index in [9.17, 15) is 9.59 Å². The number of imidazole rings is 1. The number of fused-ring (bicyclic) bond motifs is 1. The molecule has 7 heteroatoms. The number of rotatable bonds is 4. The average Bonchev–Trinajstić information content (AvgIpc) is 3.10. The first-order chi connectivity index (χ1) is 16.0. The summed E-state index contributed by atoms with van der Waals surface area (Å²) in [4.78, 5) is 28.8. The number of carbonyl (C=O) groups is 1. The maximum Gasteiger partial charge on any atom is 0.409 e. The zero-order valence-corrected chi connectivity index (χ0v) is 17.8. The van der Waals surface area contributed by atoms with Crippen LogP contribution in [-0.2, 0) is 0 Å². The monoisotopic (exact) mass is 436 g/mol.